The topological polar surface area (TPSA) is 59.8 Å². The minimum Gasteiger partial charge on any atom is -0.346 e. The van der Waals surface area contributed by atoms with Crippen molar-refractivity contribution >= 4 is 5.91 Å². The van der Waals surface area contributed by atoms with E-state index >= 15 is 0 Å². The zero-order valence-electron chi connectivity index (χ0n) is 11.1. The van der Waals surface area contributed by atoms with E-state index in [2.05, 4.69) is 15.4 Å². The third-order valence-electron chi connectivity index (χ3n) is 3.03. The molecule has 0 atom stereocenters. The number of hydrogen-bond donors (Lipinski definition) is 1. The van der Waals surface area contributed by atoms with Crippen molar-refractivity contribution in [2.45, 2.75) is 20.4 Å². The van der Waals surface area contributed by atoms with Crippen LogP contribution in [-0.4, -0.2) is 20.7 Å². The number of nitrogens with one attached hydrogen (secondary N) is 1. The average molecular weight is 262 g/mol. The Kier molecular flexibility index (Phi) is 3.59. The highest BCUT2D eigenvalue weighted by Crippen LogP contribution is 2.11. The van der Waals surface area contributed by atoms with Crippen molar-refractivity contribution in [3.05, 3.63) is 46.8 Å². The molecule has 0 aliphatic rings. The first-order valence-corrected chi connectivity index (χ1v) is 5.89. The minimum absolute atomic E-state index is 0.0687. The van der Waals surface area contributed by atoms with E-state index in [9.17, 15) is 9.18 Å². The van der Waals surface area contributed by atoms with Gasteiger partial charge in [-0.25, -0.2) is 4.98 Å². The van der Waals surface area contributed by atoms with Crippen molar-refractivity contribution in [1.82, 2.24) is 20.1 Å². The molecular weight excluding hydrogens is 247 g/mol. The Morgan fingerprint density at radius 3 is 2.74 bits per heavy atom. The molecule has 0 aliphatic carbocycles. The molecule has 2 aromatic heterocycles. The molecule has 0 saturated heterocycles. The SMILES string of the molecule is Cc1nn(C)c(C)c1CNC(=O)c1cccc(F)n1. The molecule has 0 saturated carbocycles. The van der Waals surface area contributed by atoms with Gasteiger partial charge in [-0.1, -0.05) is 6.07 Å². The smallest absolute Gasteiger partial charge is 0.270 e. The van der Waals surface area contributed by atoms with Gasteiger partial charge in [0.05, 0.1) is 5.69 Å². The van der Waals surface area contributed by atoms with Gasteiger partial charge in [0, 0.05) is 24.8 Å². The van der Waals surface area contributed by atoms with Crippen molar-refractivity contribution in [2.24, 2.45) is 7.05 Å². The van der Waals surface area contributed by atoms with Crippen LogP contribution in [0.3, 0.4) is 0 Å². The normalized spacial score (nSPS) is 10.5. The maximum Gasteiger partial charge on any atom is 0.270 e. The molecule has 6 heteroatoms. The van der Waals surface area contributed by atoms with Crippen LogP contribution in [0.2, 0.25) is 0 Å². The lowest BCUT2D eigenvalue weighted by molar-refractivity contribution is 0.0944. The number of nitrogens with zero attached hydrogens (tertiary/aromatic N) is 3. The molecular formula is C13H15FN4O. The molecule has 0 fully saturated rings. The highest BCUT2D eigenvalue weighted by atomic mass is 19.1. The third kappa shape index (κ3) is 2.78. The molecule has 1 N–H and O–H groups in total. The predicted molar refractivity (Wildman–Crippen MR) is 68.0 cm³/mol. The lowest BCUT2D eigenvalue weighted by Crippen LogP contribution is -2.24. The van der Waals surface area contributed by atoms with Crippen molar-refractivity contribution in [1.29, 1.82) is 0 Å². The van der Waals surface area contributed by atoms with Gasteiger partial charge in [0.25, 0.3) is 5.91 Å². The summed E-state index contributed by atoms with van der Waals surface area (Å²) >= 11 is 0. The summed E-state index contributed by atoms with van der Waals surface area (Å²) in [4.78, 5) is 15.4. The number of rotatable bonds is 3. The zero-order valence-corrected chi connectivity index (χ0v) is 11.1. The highest BCUT2D eigenvalue weighted by Gasteiger charge is 2.12. The number of pyridine rings is 1. The van der Waals surface area contributed by atoms with Gasteiger partial charge in [0.1, 0.15) is 5.69 Å². The summed E-state index contributed by atoms with van der Waals surface area (Å²) in [7, 11) is 1.85. The number of carbonyl (C=O) groups is 1. The van der Waals surface area contributed by atoms with Gasteiger partial charge in [-0.2, -0.15) is 9.49 Å². The number of amides is 1. The largest absolute Gasteiger partial charge is 0.346 e. The number of aromatic nitrogens is 3. The fourth-order valence-electron chi connectivity index (χ4n) is 1.87. The van der Waals surface area contributed by atoms with Crippen LogP contribution in [0.1, 0.15) is 27.4 Å². The lowest BCUT2D eigenvalue weighted by Gasteiger charge is -2.05. The Morgan fingerprint density at radius 2 is 2.16 bits per heavy atom. The molecule has 19 heavy (non-hydrogen) atoms. The molecule has 2 aromatic rings. The quantitative estimate of drug-likeness (QED) is 0.853. The Hall–Kier alpha value is -2.24. The van der Waals surface area contributed by atoms with Crippen molar-refractivity contribution < 1.29 is 9.18 Å². The minimum atomic E-state index is -0.665. The second kappa shape index (κ2) is 5.17. The van der Waals surface area contributed by atoms with Gasteiger partial charge in [0.15, 0.2) is 0 Å². The van der Waals surface area contributed by atoms with E-state index < -0.39 is 11.9 Å². The molecule has 0 unspecified atom stereocenters. The molecule has 0 aromatic carbocycles. The van der Waals surface area contributed by atoms with E-state index in [0.717, 1.165) is 17.0 Å². The van der Waals surface area contributed by atoms with Gasteiger partial charge in [-0.05, 0) is 26.0 Å². The van der Waals surface area contributed by atoms with Gasteiger partial charge in [-0.3, -0.25) is 9.48 Å². The summed E-state index contributed by atoms with van der Waals surface area (Å²) < 4.78 is 14.7. The Bertz CT molecular complexity index is 621. The Labute approximate surface area is 110 Å². The molecule has 0 aliphatic heterocycles. The van der Waals surface area contributed by atoms with Crippen LogP contribution in [0.25, 0.3) is 0 Å². The summed E-state index contributed by atoms with van der Waals surface area (Å²) in [6.07, 6.45) is 0. The summed E-state index contributed by atoms with van der Waals surface area (Å²) in [5, 5.41) is 6.98. The molecule has 0 radical (unpaired) electrons. The standard InChI is InChI=1S/C13H15FN4O/c1-8-10(9(2)18(3)17-8)7-15-13(19)11-5-4-6-12(14)16-11/h4-6H,7H2,1-3H3,(H,15,19). The number of hydrogen-bond acceptors (Lipinski definition) is 3. The number of halogens is 1. The van der Waals surface area contributed by atoms with Crippen LogP contribution in [-0.2, 0) is 13.6 Å². The molecule has 0 spiro atoms. The van der Waals surface area contributed by atoms with Gasteiger partial charge >= 0.3 is 0 Å². The Balaban J connectivity index is 2.09. The van der Waals surface area contributed by atoms with Crippen molar-refractivity contribution in [3.8, 4) is 0 Å². The molecule has 2 rings (SSSR count). The van der Waals surface area contributed by atoms with Gasteiger partial charge in [-0.15, -0.1) is 0 Å². The van der Waals surface area contributed by atoms with Crippen LogP contribution in [0.5, 0.6) is 0 Å². The van der Waals surface area contributed by atoms with Crippen LogP contribution in [0, 0.1) is 19.8 Å². The summed E-state index contributed by atoms with van der Waals surface area (Å²) in [5.74, 6) is -1.07. The van der Waals surface area contributed by atoms with Crippen molar-refractivity contribution in [2.75, 3.05) is 0 Å². The molecule has 0 bridgehead atoms. The van der Waals surface area contributed by atoms with E-state index in [4.69, 9.17) is 0 Å². The van der Waals surface area contributed by atoms with E-state index in [1.54, 1.807) is 4.68 Å². The fraction of sp³-hybridized carbons (Fsp3) is 0.308. The van der Waals surface area contributed by atoms with Crippen LogP contribution in [0.15, 0.2) is 18.2 Å². The first-order chi connectivity index (χ1) is 8.99. The summed E-state index contributed by atoms with van der Waals surface area (Å²) in [5.41, 5.74) is 2.89. The maximum absolute atomic E-state index is 12.9. The van der Waals surface area contributed by atoms with Crippen molar-refractivity contribution in [3.63, 3.8) is 0 Å². The van der Waals surface area contributed by atoms with E-state index in [1.807, 2.05) is 20.9 Å². The molecule has 5 nitrogen and oxygen atoms in total. The zero-order chi connectivity index (χ0) is 14.0. The lowest BCUT2D eigenvalue weighted by atomic mass is 10.2. The number of aryl methyl sites for hydroxylation is 2. The van der Waals surface area contributed by atoms with Gasteiger partial charge in [0.2, 0.25) is 5.95 Å². The first-order valence-electron chi connectivity index (χ1n) is 5.89. The van der Waals surface area contributed by atoms with Crippen LogP contribution >= 0.6 is 0 Å². The Morgan fingerprint density at radius 1 is 1.42 bits per heavy atom. The third-order valence-corrected chi connectivity index (χ3v) is 3.03. The summed E-state index contributed by atoms with van der Waals surface area (Å²) in [6.45, 7) is 4.17. The predicted octanol–water partition coefficient (Wildman–Crippen LogP) is 1.50. The molecule has 2 heterocycles. The first kappa shape index (κ1) is 13.2. The van der Waals surface area contributed by atoms with E-state index in [1.165, 1.54) is 18.2 Å². The molecule has 1 amide bonds. The summed E-state index contributed by atoms with van der Waals surface area (Å²) in [6, 6.07) is 4.13. The van der Waals surface area contributed by atoms with E-state index in [0.29, 0.717) is 6.54 Å². The second-order valence-electron chi connectivity index (χ2n) is 4.30. The van der Waals surface area contributed by atoms with Crippen LogP contribution < -0.4 is 5.32 Å². The van der Waals surface area contributed by atoms with E-state index in [-0.39, 0.29) is 5.69 Å². The average Bonchev–Trinajstić information content (AvgIpc) is 2.61. The maximum atomic E-state index is 12.9. The fourth-order valence-corrected chi connectivity index (χ4v) is 1.87. The highest BCUT2D eigenvalue weighted by molar-refractivity contribution is 5.92. The second-order valence-corrected chi connectivity index (χ2v) is 4.30. The monoisotopic (exact) mass is 262 g/mol. The van der Waals surface area contributed by atoms with Gasteiger partial charge < -0.3 is 5.32 Å². The molecule has 100 valence electrons. The number of carbonyl (C=O) groups excluding carboxylic acids is 1. The van der Waals surface area contributed by atoms with Crippen LogP contribution in [0.4, 0.5) is 4.39 Å².